The first-order chi connectivity index (χ1) is 10.7. The highest BCUT2D eigenvalue weighted by Gasteiger charge is 2.20. The number of rotatable bonds is 7. The molecule has 2 rings (SSSR count). The van der Waals surface area contributed by atoms with Gasteiger partial charge in [-0.05, 0) is 44.8 Å². The van der Waals surface area contributed by atoms with Gasteiger partial charge in [0, 0.05) is 24.8 Å². The minimum Gasteiger partial charge on any atom is -0.309 e. The second-order valence-corrected chi connectivity index (χ2v) is 5.67. The fraction of sp³-hybridized carbons (Fsp3) is 0.316. The smallest absolute Gasteiger partial charge is 0.0626 e. The van der Waals surface area contributed by atoms with Gasteiger partial charge in [-0.2, -0.15) is 0 Å². The molecule has 0 saturated carbocycles. The van der Waals surface area contributed by atoms with Crippen molar-refractivity contribution in [1.29, 1.82) is 0 Å². The van der Waals surface area contributed by atoms with Crippen molar-refractivity contribution in [2.75, 3.05) is 20.6 Å². The molecule has 0 spiro atoms. The molecule has 0 aliphatic rings. The molecule has 0 aliphatic carbocycles. The summed E-state index contributed by atoms with van der Waals surface area (Å²) >= 11 is 0. The Balaban J connectivity index is 1.92. The number of nitrogens with zero attached hydrogens (tertiary/aromatic N) is 2. The standard InChI is InChI=1S/C19H25N3/c1-16(19(22(2)3)17-10-5-4-6-11-17)20-15-9-13-18-12-7-8-14-21-18/h4-14,16,19-20H,15H2,1-3H3/b13-9+. The Morgan fingerprint density at radius 1 is 1.09 bits per heavy atom. The molecular weight excluding hydrogens is 270 g/mol. The van der Waals surface area contributed by atoms with Gasteiger partial charge in [-0.15, -0.1) is 0 Å². The van der Waals surface area contributed by atoms with Crippen molar-refractivity contribution >= 4 is 6.08 Å². The van der Waals surface area contributed by atoms with Crippen LogP contribution < -0.4 is 5.32 Å². The number of nitrogens with one attached hydrogen (secondary N) is 1. The summed E-state index contributed by atoms with van der Waals surface area (Å²) in [5.74, 6) is 0. The summed E-state index contributed by atoms with van der Waals surface area (Å²) in [5, 5.41) is 3.58. The minimum absolute atomic E-state index is 0.351. The van der Waals surface area contributed by atoms with Crippen LogP contribution in [0.25, 0.3) is 6.08 Å². The highest BCUT2D eigenvalue weighted by Crippen LogP contribution is 2.21. The van der Waals surface area contributed by atoms with Gasteiger partial charge >= 0.3 is 0 Å². The molecule has 0 fully saturated rings. The predicted molar refractivity (Wildman–Crippen MR) is 93.6 cm³/mol. The Morgan fingerprint density at radius 2 is 1.82 bits per heavy atom. The summed E-state index contributed by atoms with van der Waals surface area (Å²) in [4.78, 5) is 6.54. The van der Waals surface area contributed by atoms with Crippen LogP contribution in [-0.2, 0) is 0 Å². The van der Waals surface area contributed by atoms with Gasteiger partial charge in [0.25, 0.3) is 0 Å². The van der Waals surface area contributed by atoms with E-state index in [4.69, 9.17) is 0 Å². The van der Waals surface area contributed by atoms with E-state index >= 15 is 0 Å². The first-order valence-corrected chi connectivity index (χ1v) is 7.71. The largest absolute Gasteiger partial charge is 0.309 e. The van der Waals surface area contributed by atoms with Gasteiger partial charge < -0.3 is 10.2 Å². The molecule has 3 nitrogen and oxygen atoms in total. The van der Waals surface area contributed by atoms with E-state index < -0.39 is 0 Å². The molecule has 3 heteroatoms. The van der Waals surface area contributed by atoms with E-state index in [1.807, 2.05) is 30.5 Å². The molecule has 1 N–H and O–H groups in total. The van der Waals surface area contributed by atoms with Crippen LogP contribution >= 0.6 is 0 Å². The molecule has 1 aromatic heterocycles. The Labute approximate surface area is 133 Å². The average molecular weight is 295 g/mol. The fourth-order valence-electron chi connectivity index (χ4n) is 2.70. The van der Waals surface area contributed by atoms with E-state index in [2.05, 4.69) is 72.6 Å². The number of likely N-dealkylation sites (N-methyl/N-ethyl adjacent to an activating group) is 1. The van der Waals surface area contributed by atoms with Gasteiger partial charge in [0.1, 0.15) is 0 Å². The van der Waals surface area contributed by atoms with E-state index in [-0.39, 0.29) is 0 Å². The lowest BCUT2D eigenvalue weighted by Crippen LogP contribution is -2.39. The summed E-state index contributed by atoms with van der Waals surface area (Å²) in [6, 6.07) is 17.3. The first kappa shape index (κ1) is 16.4. The Morgan fingerprint density at radius 3 is 2.45 bits per heavy atom. The van der Waals surface area contributed by atoms with Gasteiger partial charge in [0.2, 0.25) is 0 Å². The average Bonchev–Trinajstić information content (AvgIpc) is 2.53. The van der Waals surface area contributed by atoms with Gasteiger partial charge in [-0.1, -0.05) is 42.5 Å². The molecule has 0 bridgehead atoms. The molecule has 0 aliphatic heterocycles. The van der Waals surface area contributed by atoms with Crippen LogP contribution in [0.1, 0.15) is 24.2 Å². The molecule has 2 aromatic rings. The van der Waals surface area contributed by atoms with Crippen LogP contribution in [0.5, 0.6) is 0 Å². The number of pyridine rings is 1. The molecule has 0 amide bonds. The van der Waals surface area contributed by atoms with Gasteiger partial charge in [-0.3, -0.25) is 4.98 Å². The van der Waals surface area contributed by atoms with Gasteiger partial charge in [0.05, 0.1) is 5.69 Å². The summed E-state index contributed by atoms with van der Waals surface area (Å²) in [6.07, 6.45) is 5.98. The van der Waals surface area contributed by atoms with E-state index in [0.29, 0.717) is 12.1 Å². The SMILES string of the molecule is CC(NC/C=C/c1ccccn1)C(c1ccccc1)N(C)C. The van der Waals surface area contributed by atoms with Crippen molar-refractivity contribution in [3.05, 3.63) is 72.1 Å². The summed E-state index contributed by atoms with van der Waals surface area (Å²) in [5.41, 5.74) is 2.32. The number of aromatic nitrogens is 1. The van der Waals surface area contributed by atoms with Crippen molar-refractivity contribution < 1.29 is 0 Å². The Hall–Kier alpha value is -1.97. The molecule has 1 heterocycles. The lowest BCUT2D eigenvalue weighted by molar-refractivity contribution is 0.244. The Bertz CT molecular complexity index is 564. The zero-order valence-electron chi connectivity index (χ0n) is 13.6. The molecule has 0 saturated heterocycles. The first-order valence-electron chi connectivity index (χ1n) is 7.71. The topological polar surface area (TPSA) is 28.2 Å². The van der Waals surface area contributed by atoms with Crippen molar-refractivity contribution in [2.24, 2.45) is 0 Å². The number of benzene rings is 1. The monoisotopic (exact) mass is 295 g/mol. The molecular formula is C19H25N3. The zero-order valence-corrected chi connectivity index (χ0v) is 13.6. The zero-order chi connectivity index (χ0) is 15.8. The van der Waals surface area contributed by atoms with Crippen molar-refractivity contribution in [2.45, 2.75) is 19.0 Å². The maximum Gasteiger partial charge on any atom is 0.0626 e. The minimum atomic E-state index is 0.351. The highest BCUT2D eigenvalue weighted by atomic mass is 15.1. The van der Waals surface area contributed by atoms with E-state index in [1.165, 1.54) is 5.56 Å². The molecule has 22 heavy (non-hydrogen) atoms. The van der Waals surface area contributed by atoms with E-state index in [9.17, 15) is 0 Å². The molecule has 2 atom stereocenters. The fourth-order valence-corrected chi connectivity index (χ4v) is 2.70. The molecule has 2 unspecified atom stereocenters. The highest BCUT2D eigenvalue weighted by molar-refractivity contribution is 5.43. The third-order valence-corrected chi connectivity index (χ3v) is 3.71. The van der Waals surface area contributed by atoms with Crippen molar-refractivity contribution in [1.82, 2.24) is 15.2 Å². The lowest BCUT2D eigenvalue weighted by atomic mass is 9.99. The van der Waals surface area contributed by atoms with Crippen LogP contribution in [0.4, 0.5) is 0 Å². The predicted octanol–water partition coefficient (Wildman–Crippen LogP) is 3.38. The second kappa shape index (κ2) is 8.47. The van der Waals surface area contributed by atoms with Crippen LogP contribution in [-0.4, -0.2) is 36.6 Å². The van der Waals surface area contributed by atoms with E-state index in [1.54, 1.807) is 0 Å². The summed E-state index contributed by atoms with van der Waals surface area (Å²) in [6.45, 7) is 3.06. The van der Waals surface area contributed by atoms with E-state index in [0.717, 1.165) is 12.2 Å². The maximum absolute atomic E-state index is 4.28. The second-order valence-electron chi connectivity index (χ2n) is 5.67. The third kappa shape index (κ3) is 4.79. The molecule has 116 valence electrons. The van der Waals surface area contributed by atoms with Crippen molar-refractivity contribution in [3.8, 4) is 0 Å². The molecule has 1 aromatic carbocycles. The Kier molecular flexibility index (Phi) is 6.31. The summed E-state index contributed by atoms with van der Waals surface area (Å²) < 4.78 is 0. The normalized spacial score (nSPS) is 14.4. The number of hydrogen-bond donors (Lipinski definition) is 1. The van der Waals surface area contributed by atoms with Crippen LogP contribution in [0.2, 0.25) is 0 Å². The van der Waals surface area contributed by atoms with Crippen LogP contribution in [0, 0.1) is 0 Å². The summed E-state index contributed by atoms with van der Waals surface area (Å²) in [7, 11) is 4.25. The lowest BCUT2D eigenvalue weighted by Gasteiger charge is -2.31. The van der Waals surface area contributed by atoms with Crippen LogP contribution in [0.15, 0.2) is 60.8 Å². The third-order valence-electron chi connectivity index (χ3n) is 3.71. The molecule has 0 radical (unpaired) electrons. The van der Waals surface area contributed by atoms with Gasteiger partial charge in [0.15, 0.2) is 0 Å². The van der Waals surface area contributed by atoms with Crippen LogP contribution in [0.3, 0.4) is 0 Å². The van der Waals surface area contributed by atoms with Gasteiger partial charge in [-0.25, -0.2) is 0 Å². The number of hydrogen-bond acceptors (Lipinski definition) is 3. The maximum atomic E-state index is 4.28. The quantitative estimate of drug-likeness (QED) is 0.849. The van der Waals surface area contributed by atoms with Crippen molar-refractivity contribution in [3.63, 3.8) is 0 Å².